The van der Waals surface area contributed by atoms with Crippen LogP contribution >= 0.6 is 15.9 Å². The highest BCUT2D eigenvalue weighted by Crippen LogP contribution is 2.25. The van der Waals surface area contributed by atoms with Crippen molar-refractivity contribution in [3.8, 4) is 5.75 Å². The molecule has 0 radical (unpaired) electrons. The number of aromatic amines is 1. The number of nitrogens with one attached hydrogen (secondary N) is 1. The number of hydrogen-bond donors (Lipinski definition) is 1. The van der Waals surface area contributed by atoms with Crippen molar-refractivity contribution in [2.75, 3.05) is 6.61 Å². The first-order valence-electron chi connectivity index (χ1n) is 9.61. The summed E-state index contributed by atoms with van der Waals surface area (Å²) in [5, 5.41) is 0. The van der Waals surface area contributed by atoms with Crippen LogP contribution in [-0.4, -0.2) is 22.2 Å². The maximum absolute atomic E-state index is 6.04. The third-order valence-electron chi connectivity index (χ3n) is 4.66. The van der Waals surface area contributed by atoms with Crippen LogP contribution in [0.25, 0.3) is 11.0 Å². The Hall–Kier alpha value is -2.27. The van der Waals surface area contributed by atoms with E-state index < -0.39 is 5.60 Å². The van der Waals surface area contributed by atoms with Crippen molar-refractivity contribution in [2.24, 2.45) is 0 Å². The fourth-order valence-corrected chi connectivity index (χ4v) is 3.40. The summed E-state index contributed by atoms with van der Waals surface area (Å²) < 4.78 is 12.6. The highest BCUT2D eigenvalue weighted by atomic mass is 79.9. The highest BCUT2D eigenvalue weighted by molar-refractivity contribution is 9.10. The van der Waals surface area contributed by atoms with Crippen molar-refractivity contribution in [2.45, 2.75) is 45.6 Å². The molecule has 0 atom stereocenters. The lowest BCUT2D eigenvalue weighted by atomic mass is 10.1. The Morgan fingerprint density at radius 3 is 2.61 bits per heavy atom. The topological polar surface area (TPSA) is 47.1 Å². The van der Waals surface area contributed by atoms with E-state index in [0.717, 1.165) is 46.3 Å². The molecule has 5 heteroatoms. The summed E-state index contributed by atoms with van der Waals surface area (Å²) in [6.07, 6.45) is 2.95. The van der Waals surface area contributed by atoms with E-state index in [0.29, 0.717) is 12.4 Å². The van der Waals surface area contributed by atoms with E-state index in [1.165, 1.54) is 5.56 Å². The number of benzene rings is 2. The fraction of sp³-hybridized carbons (Fsp3) is 0.348. The molecule has 0 amide bonds. The number of aromatic nitrogens is 2. The van der Waals surface area contributed by atoms with Crippen LogP contribution in [0, 0.1) is 0 Å². The Morgan fingerprint density at radius 2 is 1.89 bits per heavy atom. The Balaban J connectivity index is 1.53. The first kappa shape index (κ1) is 20.5. The van der Waals surface area contributed by atoms with Crippen LogP contribution in [0.1, 0.15) is 38.6 Å². The van der Waals surface area contributed by atoms with Crippen LogP contribution in [-0.2, 0) is 17.6 Å². The van der Waals surface area contributed by atoms with Gasteiger partial charge in [-0.25, -0.2) is 4.98 Å². The molecule has 1 aromatic heterocycles. The number of fused-ring (bicyclic) bond motifs is 1. The van der Waals surface area contributed by atoms with Gasteiger partial charge in [0.1, 0.15) is 17.3 Å². The summed E-state index contributed by atoms with van der Waals surface area (Å²) in [6, 6.07) is 14.4. The third kappa shape index (κ3) is 5.16. The van der Waals surface area contributed by atoms with Gasteiger partial charge in [0.2, 0.25) is 0 Å². The van der Waals surface area contributed by atoms with E-state index in [1.54, 1.807) is 0 Å². The molecule has 3 aromatic rings. The van der Waals surface area contributed by atoms with Crippen LogP contribution in [0.3, 0.4) is 0 Å². The van der Waals surface area contributed by atoms with Gasteiger partial charge in [-0.05, 0) is 69.5 Å². The van der Waals surface area contributed by atoms with Gasteiger partial charge < -0.3 is 14.5 Å². The molecule has 28 heavy (non-hydrogen) atoms. The van der Waals surface area contributed by atoms with Crippen LogP contribution in [0.5, 0.6) is 5.75 Å². The maximum atomic E-state index is 6.04. The van der Waals surface area contributed by atoms with E-state index >= 15 is 0 Å². The maximum Gasteiger partial charge on any atom is 0.159 e. The molecule has 0 aliphatic heterocycles. The molecule has 0 bridgehead atoms. The smallest absolute Gasteiger partial charge is 0.159 e. The molecule has 0 fully saturated rings. The zero-order chi connectivity index (χ0) is 20.1. The van der Waals surface area contributed by atoms with Gasteiger partial charge in [-0.2, -0.15) is 0 Å². The average Bonchev–Trinajstić information content (AvgIpc) is 3.05. The quantitative estimate of drug-likeness (QED) is 0.400. The molecule has 0 aliphatic rings. The lowest BCUT2D eigenvalue weighted by molar-refractivity contribution is 0.0642. The van der Waals surface area contributed by atoms with E-state index in [-0.39, 0.29) is 0 Å². The standard InChI is InChI=1S/C23H27BrN2O2/c1-5-27-16(2)23(3,4)28-19-12-9-17(10-13-19)7-6-8-22-25-20-14-11-18(24)15-21(20)26-22/h9-15H,2,5-8H2,1,3-4H3,(H,25,26). The molecular formula is C23H27BrN2O2. The first-order chi connectivity index (χ1) is 13.4. The Kier molecular flexibility index (Phi) is 6.45. The van der Waals surface area contributed by atoms with Crippen molar-refractivity contribution < 1.29 is 9.47 Å². The van der Waals surface area contributed by atoms with Crippen LogP contribution < -0.4 is 4.74 Å². The minimum Gasteiger partial charge on any atom is -0.495 e. The summed E-state index contributed by atoms with van der Waals surface area (Å²) in [4.78, 5) is 8.05. The van der Waals surface area contributed by atoms with Crippen LogP contribution in [0.15, 0.2) is 59.3 Å². The zero-order valence-corrected chi connectivity index (χ0v) is 18.3. The number of halogens is 1. The molecular weight excluding hydrogens is 416 g/mol. The normalized spacial score (nSPS) is 11.6. The lowest BCUT2D eigenvalue weighted by Gasteiger charge is -2.28. The molecule has 148 valence electrons. The zero-order valence-electron chi connectivity index (χ0n) is 16.7. The second kappa shape index (κ2) is 8.82. The molecule has 0 aliphatic carbocycles. The van der Waals surface area contributed by atoms with E-state index in [1.807, 2.05) is 45.0 Å². The van der Waals surface area contributed by atoms with Crippen molar-refractivity contribution in [1.29, 1.82) is 0 Å². The highest BCUT2D eigenvalue weighted by Gasteiger charge is 2.25. The SMILES string of the molecule is C=C(OCC)C(C)(C)Oc1ccc(CCCc2nc3ccc(Br)cc3[nH]2)cc1. The largest absolute Gasteiger partial charge is 0.495 e. The number of aryl methyl sites for hydroxylation is 2. The molecule has 3 rings (SSSR count). The summed E-state index contributed by atoms with van der Waals surface area (Å²) in [6.45, 7) is 10.4. The van der Waals surface area contributed by atoms with Gasteiger partial charge in [-0.3, -0.25) is 0 Å². The molecule has 2 aromatic carbocycles. The van der Waals surface area contributed by atoms with Gasteiger partial charge in [0, 0.05) is 10.9 Å². The second-order valence-electron chi connectivity index (χ2n) is 7.31. The molecule has 1 N–H and O–H groups in total. The average molecular weight is 443 g/mol. The van der Waals surface area contributed by atoms with Gasteiger partial charge >= 0.3 is 0 Å². The first-order valence-corrected chi connectivity index (χ1v) is 10.4. The number of hydrogen-bond acceptors (Lipinski definition) is 3. The summed E-state index contributed by atoms with van der Waals surface area (Å²) >= 11 is 3.49. The van der Waals surface area contributed by atoms with Crippen molar-refractivity contribution in [3.05, 3.63) is 70.7 Å². The molecule has 4 nitrogen and oxygen atoms in total. The molecule has 0 spiro atoms. The molecule has 0 saturated heterocycles. The predicted octanol–water partition coefficient (Wildman–Crippen LogP) is 6.21. The van der Waals surface area contributed by atoms with Crippen LogP contribution in [0.2, 0.25) is 0 Å². The second-order valence-corrected chi connectivity index (χ2v) is 8.23. The van der Waals surface area contributed by atoms with Gasteiger partial charge in [-0.15, -0.1) is 0 Å². The molecule has 0 saturated carbocycles. The Morgan fingerprint density at radius 1 is 1.14 bits per heavy atom. The number of H-pyrrole nitrogens is 1. The lowest BCUT2D eigenvalue weighted by Crippen LogP contribution is -2.31. The minimum absolute atomic E-state index is 0.562. The van der Waals surface area contributed by atoms with Crippen molar-refractivity contribution in [1.82, 2.24) is 9.97 Å². The summed E-state index contributed by atoms with van der Waals surface area (Å²) in [5.41, 5.74) is 2.80. The summed E-state index contributed by atoms with van der Waals surface area (Å²) in [7, 11) is 0. The fourth-order valence-electron chi connectivity index (χ4n) is 3.04. The Labute approximate surface area is 175 Å². The minimum atomic E-state index is -0.562. The molecule has 1 heterocycles. The number of rotatable bonds is 9. The van der Waals surface area contributed by atoms with Gasteiger partial charge in [0.15, 0.2) is 5.60 Å². The van der Waals surface area contributed by atoms with Crippen molar-refractivity contribution in [3.63, 3.8) is 0 Å². The molecule has 0 unspecified atom stereocenters. The third-order valence-corrected chi connectivity index (χ3v) is 5.15. The van der Waals surface area contributed by atoms with E-state index in [4.69, 9.17) is 9.47 Å². The summed E-state index contributed by atoms with van der Waals surface area (Å²) in [5.74, 6) is 2.48. The number of nitrogens with zero attached hydrogens (tertiary/aromatic N) is 1. The number of imidazole rings is 1. The van der Waals surface area contributed by atoms with Gasteiger partial charge in [-0.1, -0.05) is 34.6 Å². The predicted molar refractivity (Wildman–Crippen MR) is 118 cm³/mol. The van der Waals surface area contributed by atoms with Gasteiger partial charge in [0.05, 0.1) is 17.6 Å². The number of ether oxygens (including phenoxy) is 2. The van der Waals surface area contributed by atoms with E-state index in [2.05, 4.69) is 50.7 Å². The van der Waals surface area contributed by atoms with Crippen LogP contribution in [0.4, 0.5) is 0 Å². The Bertz CT molecular complexity index is 945. The monoisotopic (exact) mass is 442 g/mol. The van der Waals surface area contributed by atoms with Gasteiger partial charge in [0.25, 0.3) is 0 Å². The van der Waals surface area contributed by atoms with Crippen molar-refractivity contribution >= 4 is 27.0 Å². The van der Waals surface area contributed by atoms with E-state index in [9.17, 15) is 0 Å².